The molecule has 2 aromatic rings. The largest absolute Gasteiger partial charge is 0.490 e. The van der Waals surface area contributed by atoms with Crippen LogP contribution < -0.4 is 9.64 Å². The molecule has 21 heavy (non-hydrogen) atoms. The summed E-state index contributed by atoms with van der Waals surface area (Å²) < 4.78 is 5.92. The van der Waals surface area contributed by atoms with Crippen molar-refractivity contribution >= 4 is 22.8 Å². The zero-order valence-electron chi connectivity index (χ0n) is 11.7. The van der Waals surface area contributed by atoms with Crippen LogP contribution in [-0.2, 0) is 0 Å². The molecule has 1 unspecified atom stereocenters. The van der Waals surface area contributed by atoms with Crippen LogP contribution in [-0.4, -0.2) is 25.5 Å². The van der Waals surface area contributed by atoms with Crippen molar-refractivity contribution < 1.29 is 9.53 Å². The lowest BCUT2D eigenvalue weighted by Gasteiger charge is -2.20. The molecule has 1 atom stereocenters. The van der Waals surface area contributed by atoms with Crippen LogP contribution in [0, 0.1) is 0 Å². The van der Waals surface area contributed by atoms with Crippen LogP contribution in [0.5, 0.6) is 5.75 Å². The number of anilines is 1. The van der Waals surface area contributed by atoms with Crippen molar-refractivity contribution in [2.75, 3.05) is 24.6 Å². The van der Waals surface area contributed by atoms with E-state index in [9.17, 15) is 4.79 Å². The second-order valence-corrected chi connectivity index (χ2v) is 6.54. The Labute approximate surface area is 128 Å². The van der Waals surface area contributed by atoms with Gasteiger partial charge in [-0.25, -0.2) is 0 Å². The first-order valence-corrected chi connectivity index (χ1v) is 8.31. The summed E-state index contributed by atoms with van der Waals surface area (Å²) in [7, 11) is 0. The number of fused-ring (bicyclic) bond motifs is 1. The second kappa shape index (κ2) is 5.19. The smallest absolute Gasteiger partial charge is 0.183 e. The van der Waals surface area contributed by atoms with Gasteiger partial charge in [0.1, 0.15) is 12.4 Å². The molecule has 2 aliphatic rings. The SMILES string of the molecule is O=C(c1cccs1)C1COc2c1cccc2N1CCCC1. The molecule has 1 aromatic heterocycles. The van der Waals surface area contributed by atoms with Crippen molar-refractivity contribution in [3.05, 3.63) is 46.2 Å². The first kappa shape index (κ1) is 12.9. The molecule has 0 aliphatic carbocycles. The molecule has 3 heterocycles. The molecule has 3 nitrogen and oxygen atoms in total. The zero-order chi connectivity index (χ0) is 14.2. The number of nitrogens with zero attached hydrogens (tertiary/aromatic N) is 1. The molecule has 4 rings (SSSR count). The van der Waals surface area contributed by atoms with Gasteiger partial charge in [0.05, 0.1) is 16.5 Å². The number of hydrogen-bond acceptors (Lipinski definition) is 4. The molecule has 2 aliphatic heterocycles. The summed E-state index contributed by atoms with van der Waals surface area (Å²) in [6.07, 6.45) is 2.47. The number of carbonyl (C=O) groups excluding carboxylic acids is 1. The quantitative estimate of drug-likeness (QED) is 0.809. The Bertz CT molecular complexity index is 659. The highest BCUT2D eigenvalue weighted by atomic mass is 32.1. The van der Waals surface area contributed by atoms with Gasteiger partial charge in [-0.3, -0.25) is 4.79 Å². The van der Waals surface area contributed by atoms with Gasteiger partial charge < -0.3 is 9.64 Å². The minimum Gasteiger partial charge on any atom is -0.490 e. The first-order chi connectivity index (χ1) is 10.3. The topological polar surface area (TPSA) is 29.5 Å². The van der Waals surface area contributed by atoms with Crippen molar-refractivity contribution in [2.45, 2.75) is 18.8 Å². The normalized spacial score (nSPS) is 20.4. The summed E-state index contributed by atoms with van der Waals surface area (Å²) in [6, 6.07) is 10.0. The molecule has 0 amide bonds. The molecular formula is C17H17NO2S. The number of thiophene rings is 1. The lowest BCUT2D eigenvalue weighted by atomic mass is 9.95. The van der Waals surface area contributed by atoms with Crippen LogP contribution in [0.4, 0.5) is 5.69 Å². The van der Waals surface area contributed by atoms with E-state index < -0.39 is 0 Å². The van der Waals surface area contributed by atoms with Crippen LogP contribution in [0.1, 0.15) is 34.0 Å². The van der Waals surface area contributed by atoms with Gasteiger partial charge in [0.25, 0.3) is 0 Å². The van der Waals surface area contributed by atoms with E-state index in [1.54, 1.807) is 0 Å². The minimum atomic E-state index is -0.152. The third-order valence-corrected chi connectivity index (χ3v) is 5.21. The number of benzene rings is 1. The van der Waals surface area contributed by atoms with Crippen LogP contribution in [0.15, 0.2) is 35.7 Å². The van der Waals surface area contributed by atoms with Gasteiger partial charge in [-0.2, -0.15) is 0 Å². The van der Waals surface area contributed by atoms with Crippen molar-refractivity contribution in [2.24, 2.45) is 0 Å². The van der Waals surface area contributed by atoms with Gasteiger partial charge in [0, 0.05) is 18.7 Å². The van der Waals surface area contributed by atoms with Gasteiger partial charge in [0.15, 0.2) is 5.78 Å². The van der Waals surface area contributed by atoms with Gasteiger partial charge >= 0.3 is 0 Å². The number of rotatable bonds is 3. The highest BCUT2D eigenvalue weighted by Crippen LogP contribution is 2.43. The Balaban J connectivity index is 1.69. The highest BCUT2D eigenvalue weighted by Gasteiger charge is 2.34. The fraction of sp³-hybridized carbons (Fsp3) is 0.353. The highest BCUT2D eigenvalue weighted by molar-refractivity contribution is 7.12. The van der Waals surface area contributed by atoms with E-state index in [2.05, 4.69) is 17.0 Å². The summed E-state index contributed by atoms with van der Waals surface area (Å²) in [6.45, 7) is 2.64. The molecule has 1 saturated heterocycles. The molecule has 0 saturated carbocycles. The molecule has 0 N–H and O–H groups in total. The Kier molecular flexibility index (Phi) is 3.19. The molecule has 0 radical (unpaired) electrons. The number of carbonyl (C=O) groups is 1. The van der Waals surface area contributed by atoms with Crippen molar-refractivity contribution in [3.63, 3.8) is 0 Å². The van der Waals surface area contributed by atoms with E-state index in [-0.39, 0.29) is 11.7 Å². The Morgan fingerprint density at radius 2 is 2.05 bits per heavy atom. The fourth-order valence-corrected chi connectivity index (χ4v) is 3.96. The second-order valence-electron chi connectivity index (χ2n) is 5.59. The van der Waals surface area contributed by atoms with E-state index in [1.807, 2.05) is 23.6 Å². The molecule has 108 valence electrons. The summed E-state index contributed by atoms with van der Waals surface area (Å²) in [4.78, 5) is 15.8. The summed E-state index contributed by atoms with van der Waals surface area (Å²) in [5.74, 6) is 0.956. The third kappa shape index (κ3) is 2.14. The molecule has 1 aromatic carbocycles. The predicted octanol–water partition coefficient (Wildman–Crippen LogP) is 3.71. The Hall–Kier alpha value is -1.81. The van der Waals surface area contributed by atoms with Gasteiger partial charge in [-0.15, -0.1) is 11.3 Å². The average Bonchev–Trinajstić information content (AvgIpc) is 3.25. The van der Waals surface area contributed by atoms with Gasteiger partial charge in [-0.05, 0) is 30.4 Å². The minimum absolute atomic E-state index is 0.152. The first-order valence-electron chi connectivity index (χ1n) is 7.43. The monoisotopic (exact) mass is 299 g/mol. The van der Waals surface area contributed by atoms with Crippen molar-refractivity contribution in [1.29, 1.82) is 0 Å². The molecule has 0 spiro atoms. The van der Waals surface area contributed by atoms with Crippen molar-refractivity contribution in [3.8, 4) is 5.75 Å². The van der Waals surface area contributed by atoms with E-state index >= 15 is 0 Å². The van der Waals surface area contributed by atoms with Crippen LogP contribution in [0.25, 0.3) is 0 Å². The number of para-hydroxylation sites is 1. The number of hydrogen-bond donors (Lipinski definition) is 0. The van der Waals surface area contributed by atoms with E-state index in [0.29, 0.717) is 6.61 Å². The zero-order valence-corrected chi connectivity index (χ0v) is 12.6. The number of Topliss-reactive ketones (excluding diaryl/α,β-unsaturated/α-hetero) is 1. The van der Waals surface area contributed by atoms with Crippen molar-refractivity contribution in [1.82, 2.24) is 0 Å². The average molecular weight is 299 g/mol. The summed E-state index contributed by atoms with van der Waals surface area (Å²) in [5, 5.41) is 1.95. The van der Waals surface area contributed by atoms with E-state index in [0.717, 1.165) is 35.0 Å². The molecule has 0 bridgehead atoms. The lowest BCUT2D eigenvalue weighted by Crippen LogP contribution is -2.18. The lowest BCUT2D eigenvalue weighted by molar-refractivity contribution is 0.0951. The maximum absolute atomic E-state index is 12.6. The Morgan fingerprint density at radius 3 is 2.81 bits per heavy atom. The standard InChI is InChI=1S/C17H17NO2S/c19-16(15-7-4-10-21-15)13-11-20-17-12(13)5-3-6-14(17)18-8-1-2-9-18/h3-7,10,13H,1-2,8-9,11H2. The third-order valence-electron chi connectivity index (χ3n) is 4.32. The van der Waals surface area contributed by atoms with Crippen LogP contribution in [0.2, 0.25) is 0 Å². The van der Waals surface area contributed by atoms with Gasteiger partial charge in [0.2, 0.25) is 0 Å². The predicted molar refractivity (Wildman–Crippen MR) is 84.8 cm³/mol. The maximum atomic E-state index is 12.6. The molecular weight excluding hydrogens is 282 g/mol. The molecule has 1 fully saturated rings. The number of ether oxygens (including phenoxy) is 1. The summed E-state index contributed by atoms with van der Waals surface area (Å²) >= 11 is 1.51. The summed E-state index contributed by atoms with van der Waals surface area (Å²) in [5.41, 5.74) is 2.21. The van der Waals surface area contributed by atoms with E-state index in [1.165, 1.54) is 24.2 Å². The number of ketones is 1. The fourth-order valence-electron chi connectivity index (χ4n) is 3.24. The van der Waals surface area contributed by atoms with Crippen LogP contribution in [0.3, 0.4) is 0 Å². The maximum Gasteiger partial charge on any atom is 0.183 e. The van der Waals surface area contributed by atoms with Crippen LogP contribution >= 0.6 is 11.3 Å². The van der Waals surface area contributed by atoms with E-state index in [4.69, 9.17) is 4.74 Å². The van der Waals surface area contributed by atoms with Gasteiger partial charge in [-0.1, -0.05) is 18.2 Å². The Morgan fingerprint density at radius 1 is 1.19 bits per heavy atom. The molecule has 4 heteroatoms.